The van der Waals surface area contributed by atoms with Crippen LogP contribution in [-0.2, 0) is 4.79 Å². The molecule has 24 heavy (non-hydrogen) atoms. The summed E-state index contributed by atoms with van der Waals surface area (Å²) in [5.41, 5.74) is 3.01. The largest absolute Gasteiger partial charge is 0.349 e. The van der Waals surface area contributed by atoms with Gasteiger partial charge in [-0.3, -0.25) is 9.59 Å². The lowest BCUT2D eigenvalue weighted by atomic mass is 9.76. The van der Waals surface area contributed by atoms with Gasteiger partial charge in [0.2, 0.25) is 5.91 Å². The number of likely N-dealkylation sites (tertiary alicyclic amines) is 1. The lowest BCUT2D eigenvalue weighted by Gasteiger charge is -2.32. The Bertz CT molecular complexity index is 647. The molecule has 0 bridgehead atoms. The van der Waals surface area contributed by atoms with Crippen molar-refractivity contribution in [3.63, 3.8) is 0 Å². The maximum absolute atomic E-state index is 12.9. The van der Waals surface area contributed by atoms with Crippen molar-refractivity contribution in [3.8, 4) is 0 Å². The molecule has 2 atom stereocenters. The molecule has 2 fully saturated rings. The Morgan fingerprint density at radius 2 is 1.79 bits per heavy atom. The Morgan fingerprint density at radius 3 is 2.42 bits per heavy atom. The highest BCUT2D eigenvalue weighted by Crippen LogP contribution is 2.50. The molecule has 0 aromatic heterocycles. The zero-order valence-corrected chi connectivity index (χ0v) is 15.3. The van der Waals surface area contributed by atoms with Gasteiger partial charge in [-0.15, -0.1) is 0 Å². The zero-order valence-electron chi connectivity index (χ0n) is 15.3. The molecule has 0 N–H and O–H groups in total. The van der Waals surface area contributed by atoms with Crippen molar-refractivity contribution >= 4 is 11.8 Å². The smallest absolute Gasteiger partial charge is 0.253 e. The van der Waals surface area contributed by atoms with Crippen LogP contribution in [0, 0.1) is 25.2 Å². The summed E-state index contributed by atoms with van der Waals surface area (Å²) in [6, 6.07) is 6.03. The van der Waals surface area contributed by atoms with E-state index in [1.165, 1.54) is 0 Å². The fourth-order valence-electron chi connectivity index (χ4n) is 4.67. The number of rotatable bonds is 2. The monoisotopic (exact) mass is 328 g/mol. The molecular weight excluding hydrogens is 300 g/mol. The normalized spacial score (nSPS) is 26.2. The molecule has 1 aromatic rings. The lowest BCUT2D eigenvalue weighted by Crippen LogP contribution is -2.41. The third-order valence-corrected chi connectivity index (χ3v) is 5.79. The minimum atomic E-state index is -0.00408. The van der Waals surface area contributed by atoms with E-state index < -0.39 is 0 Å². The summed E-state index contributed by atoms with van der Waals surface area (Å²) in [5.74, 6) is 0.416. The predicted molar refractivity (Wildman–Crippen MR) is 94.9 cm³/mol. The average Bonchev–Trinajstić information content (AvgIpc) is 3.12. The third-order valence-electron chi connectivity index (χ3n) is 5.79. The van der Waals surface area contributed by atoms with E-state index in [0.29, 0.717) is 0 Å². The molecule has 1 saturated heterocycles. The molecular formula is C20H28N2O2. The van der Waals surface area contributed by atoms with Crippen molar-refractivity contribution in [1.29, 1.82) is 0 Å². The first-order chi connectivity index (χ1) is 11.3. The second-order valence-electron chi connectivity index (χ2n) is 7.89. The molecule has 4 nitrogen and oxygen atoms in total. The van der Waals surface area contributed by atoms with E-state index in [2.05, 4.69) is 6.07 Å². The summed E-state index contributed by atoms with van der Waals surface area (Å²) in [7, 11) is 3.67. The first-order valence-electron chi connectivity index (χ1n) is 8.91. The van der Waals surface area contributed by atoms with E-state index in [1.807, 2.05) is 45.0 Å². The van der Waals surface area contributed by atoms with Gasteiger partial charge < -0.3 is 9.80 Å². The van der Waals surface area contributed by atoms with Crippen LogP contribution in [0.3, 0.4) is 0 Å². The highest BCUT2D eigenvalue weighted by molar-refractivity contribution is 5.95. The fraction of sp³-hybridized carbons (Fsp3) is 0.600. The molecule has 0 unspecified atom stereocenters. The molecule has 1 aliphatic heterocycles. The van der Waals surface area contributed by atoms with E-state index in [4.69, 9.17) is 0 Å². The predicted octanol–water partition coefficient (Wildman–Crippen LogP) is 3.02. The summed E-state index contributed by atoms with van der Waals surface area (Å²) in [5, 5.41) is 0. The molecule has 1 spiro atoms. The molecule has 1 heterocycles. The Hall–Kier alpha value is -1.84. The summed E-state index contributed by atoms with van der Waals surface area (Å²) in [6.07, 6.45) is 4.07. The maximum Gasteiger partial charge on any atom is 0.253 e. The minimum Gasteiger partial charge on any atom is -0.349 e. The average molecular weight is 328 g/mol. The second-order valence-corrected chi connectivity index (χ2v) is 7.89. The molecule has 1 aliphatic carbocycles. The van der Waals surface area contributed by atoms with Crippen molar-refractivity contribution in [2.45, 2.75) is 39.5 Å². The Morgan fingerprint density at radius 1 is 1.12 bits per heavy atom. The molecule has 0 radical (unpaired) electrons. The fourth-order valence-corrected chi connectivity index (χ4v) is 4.67. The van der Waals surface area contributed by atoms with E-state index in [1.54, 1.807) is 4.90 Å². The molecule has 3 rings (SSSR count). The van der Waals surface area contributed by atoms with Crippen molar-refractivity contribution < 1.29 is 9.59 Å². The van der Waals surface area contributed by atoms with Gasteiger partial charge in [-0.2, -0.15) is 0 Å². The maximum atomic E-state index is 12.9. The van der Waals surface area contributed by atoms with Crippen LogP contribution >= 0.6 is 0 Å². The third kappa shape index (κ3) is 2.94. The van der Waals surface area contributed by atoms with Crippen molar-refractivity contribution in [2.24, 2.45) is 11.3 Å². The Kier molecular flexibility index (Phi) is 4.41. The molecule has 4 heteroatoms. The quantitative estimate of drug-likeness (QED) is 0.837. The van der Waals surface area contributed by atoms with Gasteiger partial charge in [0.25, 0.3) is 5.91 Å². The number of benzene rings is 1. The minimum absolute atomic E-state index is 0.00408. The number of amides is 2. The van der Waals surface area contributed by atoms with Crippen LogP contribution in [0.25, 0.3) is 0 Å². The number of carbonyl (C=O) groups is 2. The van der Waals surface area contributed by atoms with Gasteiger partial charge in [0.05, 0.1) is 0 Å². The van der Waals surface area contributed by atoms with E-state index in [9.17, 15) is 9.59 Å². The van der Waals surface area contributed by atoms with Crippen LogP contribution in [0.2, 0.25) is 0 Å². The number of nitrogens with zero attached hydrogens (tertiary/aromatic N) is 2. The van der Waals surface area contributed by atoms with Crippen molar-refractivity contribution in [1.82, 2.24) is 9.80 Å². The number of aryl methyl sites for hydroxylation is 2. The van der Waals surface area contributed by atoms with Crippen molar-refractivity contribution in [2.75, 3.05) is 27.2 Å². The number of hydrogen-bond acceptors (Lipinski definition) is 2. The highest BCUT2D eigenvalue weighted by atomic mass is 16.2. The topological polar surface area (TPSA) is 40.6 Å². The molecule has 1 aromatic carbocycles. The highest BCUT2D eigenvalue weighted by Gasteiger charge is 2.51. The molecule has 2 amide bonds. The molecule has 130 valence electrons. The summed E-state index contributed by atoms with van der Waals surface area (Å²) in [6.45, 7) is 5.54. The van der Waals surface area contributed by atoms with Gasteiger partial charge in [0, 0.05) is 44.1 Å². The van der Waals surface area contributed by atoms with Gasteiger partial charge in [0.15, 0.2) is 0 Å². The van der Waals surface area contributed by atoms with Crippen LogP contribution in [-0.4, -0.2) is 48.8 Å². The summed E-state index contributed by atoms with van der Waals surface area (Å²) < 4.78 is 0. The van der Waals surface area contributed by atoms with Gasteiger partial charge in [-0.25, -0.2) is 0 Å². The van der Waals surface area contributed by atoms with E-state index in [0.717, 1.165) is 55.5 Å². The zero-order chi connectivity index (χ0) is 17.5. The standard InChI is InChI=1S/C20H28N2O2/c1-14-10-15(2)12-16(11-14)18(23)22-9-8-20(13-22)7-5-6-17(20)19(24)21(3)4/h10-12,17H,5-9,13H2,1-4H3/t17-,20-/m0/s1. The van der Waals surface area contributed by atoms with Gasteiger partial charge >= 0.3 is 0 Å². The lowest BCUT2D eigenvalue weighted by molar-refractivity contribution is -0.136. The van der Waals surface area contributed by atoms with Gasteiger partial charge in [0.1, 0.15) is 0 Å². The van der Waals surface area contributed by atoms with Crippen molar-refractivity contribution in [3.05, 3.63) is 34.9 Å². The first kappa shape index (κ1) is 17.0. The van der Waals surface area contributed by atoms with Crippen LogP contribution in [0.1, 0.15) is 47.2 Å². The Balaban J connectivity index is 1.79. The molecule has 1 saturated carbocycles. The van der Waals surface area contributed by atoms with E-state index in [-0.39, 0.29) is 23.1 Å². The van der Waals surface area contributed by atoms with E-state index >= 15 is 0 Å². The number of carbonyl (C=O) groups excluding carboxylic acids is 2. The van der Waals surface area contributed by atoms with Crippen LogP contribution in [0.4, 0.5) is 0 Å². The molecule has 2 aliphatic rings. The Labute approximate surface area is 144 Å². The summed E-state index contributed by atoms with van der Waals surface area (Å²) in [4.78, 5) is 29.2. The van der Waals surface area contributed by atoms with Crippen LogP contribution < -0.4 is 0 Å². The number of hydrogen-bond donors (Lipinski definition) is 0. The second kappa shape index (κ2) is 6.23. The summed E-state index contributed by atoms with van der Waals surface area (Å²) >= 11 is 0. The first-order valence-corrected chi connectivity index (χ1v) is 8.91. The van der Waals surface area contributed by atoms with Crippen LogP contribution in [0.15, 0.2) is 18.2 Å². The van der Waals surface area contributed by atoms with Gasteiger partial charge in [-0.05, 0) is 45.2 Å². The van der Waals surface area contributed by atoms with Gasteiger partial charge in [-0.1, -0.05) is 23.6 Å². The van der Waals surface area contributed by atoms with Crippen LogP contribution in [0.5, 0.6) is 0 Å². The SMILES string of the molecule is Cc1cc(C)cc(C(=O)N2CC[C@@]3(CCC[C@H]3C(=O)N(C)C)C2)c1.